The molecule has 0 amide bonds. The lowest BCUT2D eigenvalue weighted by molar-refractivity contribution is 0.627. The van der Waals surface area contributed by atoms with Gasteiger partial charge >= 0.3 is 0 Å². The van der Waals surface area contributed by atoms with Gasteiger partial charge in [-0.15, -0.1) is 0 Å². The third-order valence-electron chi connectivity index (χ3n) is 13.0. The van der Waals surface area contributed by atoms with E-state index in [9.17, 15) is 0 Å². The van der Waals surface area contributed by atoms with Crippen molar-refractivity contribution in [2.75, 3.05) is 0 Å². The van der Waals surface area contributed by atoms with Crippen molar-refractivity contribution in [1.29, 1.82) is 0 Å². The Hall–Kier alpha value is -7.55. The normalized spacial score (nSPS) is 17.3. The second-order valence-corrected chi connectivity index (χ2v) is 15.8. The van der Waals surface area contributed by atoms with Crippen LogP contribution in [0, 0.1) is 0 Å². The quantitative estimate of drug-likeness (QED) is 0.165. The molecule has 59 heavy (non-hydrogen) atoms. The van der Waals surface area contributed by atoms with Crippen molar-refractivity contribution in [3.63, 3.8) is 0 Å². The molecular weight excluding hydrogens is 713 g/mol. The molecule has 0 saturated carbocycles. The van der Waals surface area contributed by atoms with Crippen LogP contribution in [-0.2, 0) is 10.8 Å². The number of benzene rings is 9. The SMILES string of the molecule is c1ccc(-n2c(-c3ccc(-c4ccccc4C4(c5ccccc5)c5ccccc5C5(c6ccccc6)c6ccccc6-c6cccc4c65)cc3)nc3ccccc32)cc1. The highest BCUT2D eigenvalue weighted by atomic mass is 15.1. The molecule has 2 atom stereocenters. The number of hydrogen-bond donors (Lipinski definition) is 0. The molecule has 0 N–H and O–H groups in total. The van der Waals surface area contributed by atoms with Crippen LogP contribution in [0.4, 0.5) is 0 Å². The standard InChI is InChI=1S/C57H38N2/c1-4-19-41(20-5-1)56(49-30-14-15-31-50(49)57(42-21-6-2-7-22-42)48-29-13-11-26-45(48)46-27-18-32-51(56)54(46)57)47-28-12-10-25-44(47)39-35-37-40(38-36-39)55-58-52-33-16-17-34-53(52)59(55)43-23-8-3-9-24-43/h1-38H. The van der Waals surface area contributed by atoms with E-state index in [-0.39, 0.29) is 0 Å². The largest absolute Gasteiger partial charge is 0.292 e. The van der Waals surface area contributed by atoms with Crippen LogP contribution in [0.5, 0.6) is 0 Å². The van der Waals surface area contributed by atoms with Crippen LogP contribution in [0.1, 0.15) is 44.5 Å². The van der Waals surface area contributed by atoms with Crippen LogP contribution < -0.4 is 0 Å². The zero-order valence-corrected chi connectivity index (χ0v) is 32.3. The van der Waals surface area contributed by atoms with Gasteiger partial charge in [0.25, 0.3) is 0 Å². The van der Waals surface area contributed by atoms with E-state index in [0.29, 0.717) is 0 Å². The van der Waals surface area contributed by atoms with Crippen LogP contribution in [-0.4, -0.2) is 9.55 Å². The van der Waals surface area contributed by atoms with Crippen LogP contribution in [0.25, 0.3) is 50.4 Å². The molecule has 0 radical (unpaired) electrons. The molecule has 2 aliphatic carbocycles. The van der Waals surface area contributed by atoms with Crippen molar-refractivity contribution in [2.45, 2.75) is 10.8 Å². The van der Waals surface area contributed by atoms with Gasteiger partial charge in [-0.25, -0.2) is 4.98 Å². The summed E-state index contributed by atoms with van der Waals surface area (Å²) in [6.07, 6.45) is 0. The summed E-state index contributed by atoms with van der Waals surface area (Å²) in [4.78, 5) is 5.19. The van der Waals surface area contributed by atoms with Crippen molar-refractivity contribution in [2.24, 2.45) is 0 Å². The van der Waals surface area contributed by atoms with Gasteiger partial charge < -0.3 is 0 Å². The van der Waals surface area contributed by atoms with E-state index in [1.54, 1.807) is 0 Å². The molecule has 9 aromatic carbocycles. The fourth-order valence-corrected chi connectivity index (χ4v) is 10.7. The maximum absolute atomic E-state index is 5.19. The van der Waals surface area contributed by atoms with Gasteiger partial charge in [0.2, 0.25) is 0 Å². The summed E-state index contributed by atoms with van der Waals surface area (Å²) in [7, 11) is 0. The Morgan fingerprint density at radius 2 is 0.797 bits per heavy atom. The molecule has 12 rings (SSSR count). The third kappa shape index (κ3) is 4.60. The monoisotopic (exact) mass is 750 g/mol. The van der Waals surface area contributed by atoms with E-state index in [1.807, 2.05) is 0 Å². The summed E-state index contributed by atoms with van der Waals surface area (Å²) < 4.78 is 2.27. The molecular formula is C57H38N2. The first kappa shape index (κ1) is 33.6. The summed E-state index contributed by atoms with van der Waals surface area (Å²) in [5, 5.41) is 0. The fraction of sp³-hybridized carbons (Fsp3) is 0.0351. The van der Waals surface area contributed by atoms with Gasteiger partial charge in [-0.05, 0) is 91.0 Å². The van der Waals surface area contributed by atoms with Gasteiger partial charge in [0.05, 0.1) is 21.9 Å². The van der Waals surface area contributed by atoms with Crippen molar-refractivity contribution in [3.05, 3.63) is 275 Å². The molecule has 276 valence electrons. The minimum absolute atomic E-state index is 0.487. The van der Waals surface area contributed by atoms with E-state index >= 15 is 0 Å². The summed E-state index contributed by atoms with van der Waals surface area (Å²) in [6.45, 7) is 0. The average Bonchev–Trinajstić information content (AvgIpc) is 3.86. The maximum Gasteiger partial charge on any atom is 0.145 e. The molecule has 2 unspecified atom stereocenters. The molecule has 1 aromatic heterocycles. The summed E-state index contributed by atoms with van der Waals surface area (Å²) in [6, 6.07) is 84.9. The topological polar surface area (TPSA) is 17.8 Å². The highest BCUT2D eigenvalue weighted by Crippen LogP contribution is 2.66. The number of hydrogen-bond acceptors (Lipinski definition) is 1. The number of rotatable bonds is 6. The maximum atomic E-state index is 5.19. The highest BCUT2D eigenvalue weighted by Gasteiger charge is 2.57. The highest BCUT2D eigenvalue weighted by molar-refractivity contribution is 5.93. The number of nitrogens with zero attached hydrogens (tertiary/aromatic N) is 2. The predicted molar refractivity (Wildman–Crippen MR) is 241 cm³/mol. The zero-order chi connectivity index (χ0) is 39.0. The zero-order valence-electron chi connectivity index (χ0n) is 32.3. The molecule has 2 heteroatoms. The molecule has 0 aliphatic heterocycles. The Balaban J connectivity index is 1.13. The summed E-state index contributed by atoms with van der Waals surface area (Å²) in [5.74, 6) is 0.927. The lowest BCUT2D eigenvalue weighted by atomic mass is 9.51. The summed E-state index contributed by atoms with van der Waals surface area (Å²) in [5.41, 5.74) is 18.5. The third-order valence-corrected chi connectivity index (χ3v) is 13.0. The Morgan fingerprint density at radius 1 is 0.322 bits per heavy atom. The Morgan fingerprint density at radius 3 is 1.49 bits per heavy atom. The van der Waals surface area contributed by atoms with Gasteiger partial charge in [0.1, 0.15) is 5.82 Å². The second kappa shape index (κ2) is 13.0. The molecule has 0 bridgehead atoms. The number of aromatic nitrogens is 2. The van der Waals surface area contributed by atoms with E-state index in [2.05, 4.69) is 235 Å². The number of fused-ring (bicyclic) bond motifs is 6. The van der Waals surface area contributed by atoms with Crippen LogP contribution in [0.15, 0.2) is 231 Å². The van der Waals surface area contributed by atoms with Crippen molar-refractivity contribution in [1.82, 2.24) is 9.55 Å². The van der Waals surface area contributed by atoms with Crippen LogP contribution >= 0.6 is 0 Å². The minimum atomic E-state index is -0.639. The van der Waals surface area contributed by atoms with E-state index < -0.39 is 10.8 Å². The first-order valence-corrected chi connectivity index (χ1v) is 20.5. The molecule has 0 fully saturated rings. The van der Waals surface area contributed by atoms with Gasteiger partial charge in [0, 0.05) is 11.3 Å². The van der Waals surface area contributed by atoms with Gasteiger partial charge in [-0.2, -0.15) is 0 Å². The minimum Gasteiger partial charge on any atom is -0.292 e. The number of para-hydroxylation sites is 3. The smallest absolute Gasteiger partial charge is 0.145 e. The van der Waals surface area contributed by atoms with Crippen LogP contribution in [0.2, 0.25) is 0 Å². The predicted octanol–water partition coefficient (Wildman–Crippen LogP) is 13.4. The van der Waals surface area contributed by atoms with Crippen molar-refractivity contribution < 1.29 is 0 Å². The molecule has 2 nitrogen and oxygen atoms in total. The Labute approximate surface area is 344 Å². The molecule has 10 aromatic rings. The van der Waals surface area contributed by atoms with Crippen molar-refractivity contribution in [3.8, 4) is 39.3 Å². The van der Waals surface area contributed by atoms with Gasteiger partial charge in [-0.1, -0.05) is 206 Å². The van der Waals surface area contributed by atoms with Crippen molar-refractivity contribution >= 4 is 11.0 Å². The lowest BCUT2D eigenvalue weighted by Crippen LogP contribution is -2.44. The first-order chi connectivity index (χ1) is 29.3. The second-order valence-electron chi connectivity index (χ2n) is 15.8. The fourth-order valence-electron chi connectivity index (χ4n) is 10.7. The molecule has 0 saturated heterocycles. The van der Waals surface area contributed by atoms with Gasteiger partial charge in [0.15, 0.2) is 0 Å². The molecule has 0 spiro atoms. The van der Waals surface area contributed by atoms with E-state index in [1.165, 1.54) is 61.2 Å². The van der Waals surface area contributed by atoms with E-state index in [4.69, 9.17) is 4.98 Å². The van der Waals surface area contributed by atoms with Crippen LogP contribution in [0.3, 0.4) is 0 Å². The Kier molecular flexibility index (Phi) is 7.39. The number of imidazole rings is 1. The Bertz CT molecular complexity index is 3200. The molecule has 1 heterocycles. The first-order valence-electron chi connectivity index (χ1n) is 20.5. The molecule has 2 aliphatic rings. The summed E-state index contributed by atoms with van der Waals surface area (Å²) >= 11 is 0. The lowest BCUT2D eigenvalue weighted by Gasteiger charge is -2.50. The van der Waals surface area contributed by atoms with E-state index in [0.717, 1.165) is 33.7 Å². The average molecular weight is 751 g/mol. The van der Waals surface area contributed by atoms with Gasteiger partial charge in [-0.3, -0.25) is 4.57 Å².